The maximum absolute atomic E-state index is 11.2. The molecule has 1 aromatic heterocycles. The second-order valence-electron chi connectivity index (χ2n) is 3.09. The minimum atomic E-state index is -0.912. The molecule has 0 aliphatic rings. The van der Waals surface area contributed by atoms with Crippen LogP contribution in [0.1, 0.15) is 30.7 Å². The topological polar surface area (TPSA) is 66.4 Å². The van der Waals surface area contributed by atoms with E-state index in [1.54, 1.807) is 6.92 Å². The molecule has 0 saturated carbocycles. The molecule has 2 N–H and O–H groups in total. The van der Waals surface area contributed by atoms with Gasteiger partial charge in [-0.1, -0.05) is 13.0 Å². The fraction of sp³-hybridized carbons (Fsp3) is 0.400. The van der Waals surface area contributed by atoms with Gasteiger partial charge in [0, 0.05) is 11.3 Å². The number of carboxylic acids is 1. The first kappa shape index (κ1) is 11.7. The zero-order chi connectivity index (χ0) is 11.3. The first-order valence-corrected chi connectivity index (χ1v) is 5.56. The standard InChI is InChI=1S/C10H13NO3S/c1-2-9(12)11-7(6-10(13)14)8-4-3-5-15-8/h3-5,7H,2,6H2,1H3,(H,11,12)(H,13,14). The Kier molecular flexibility index (Phi) is 4.30. The summed E-state index contributed by atoms with van der Waals surface area (Å²) in [4.78, 5) is 22.7. The highest BCUT2D eigenvalue weighted by Gasteiger charge is 2.17. The molecule has 0 saturated heterocycles. The van der Waals surface area contributed by atoms with Crippen molar-refractivity contribution >= 4 is 23.2 Å². The van der Waals surface area contributed by atoms with Gasteiger partial charge in [-0.2, -0.15) is 0 Å². The van der Waals surface area contributed by atoms with Gasteiger partial charge in [0.1, 0.15) is 0 Å². The Bertz CT molecular complexity index is 334. The van der Waals surface area contributed by atoms with Crippen molar-refractivity contribution in [1.82, 2.24) is 5.32 Å². The van der Waals surface area contributed by atoms with E-state index in [0.717, 1.165) is 4.88 Å². The van der Waals surface area contributed by atoms with Crippen LogP contribution in [0.3, 0.4) is 0 Å². The smallest absolute Gasteiger partial charge is 0.305 e. The van der Waals surface area contributed by atoms with Crippen molar-refractivity contribution in [2.45, 2.75) is 25.8 Å². The third-order valence-corrected chi connectivity index (χ3v) is 2.91. The Balaban J connectivity index is 2.70. The van der Waals surface area contributed by atoms with Gasteiger partial charge in [-0.05, 0) is 11.4 Å². The fourth-order valence-corrected chi connectivity index (χ4v) is 1.96. The van der Waals surface area contributed by atoms with Crippen molar-refractivity contribution < 1.29 is 14.7 Å². The van der Waals surface area contributed by atoms with Gasteiger partial charge >= 0.3 is 5.97 Å². The van der Waals surface area contributed by atoms with E-state index in [-0.39, 0.29) is 12.3 Å². The molecular formula is C10H13NO3S. The summed E-state index contributed by atoms with van der Waals surface area (Å²) >= 11 is 1.45. The minimum Gasteiger partial charge on any atom is -0.481 e. The molecule has 15 heavy (non-hydrogen) atoms. The number of carbonyl (C=O) groups excluding carboxylic acids is 1. The zero-order valence-electron chi connectivity index (χ0n) is 8.40. The lowest BCUT2D eigenvalue weighted by Crippen LogP contribution is -2.28. The van der Waals surface area contributed by atoms with E-state index < -0.39 is 12.0 Å². The Hall–Kier alpha value is -1.36. The Morgan fingerprint density at radius 3 is 2.80 bits per heavy atom. The average molecular weight is 227 g/mol. The largest absolute Gasteiger partial charge is 0.481 e. The number of rotatable bonds is 5. The molecular weight excluding hydrogens is 214 g/mol. The second kappa shape index (κ2) is 5.50. The van der Waals surface area contributed by atoms with Gasteiger partial charge < -0.3 is 10.4 Å². The molecule has 1 aromatic rings. The molecule has 1 unspecified atom stereocenters. The Labute approximate surface area is 91.9 Å². The van der Waals surface area contributed by atoms with Crippen LogP contribution in [-0.4, -0.2) is 17.0 Å². The van der Waals surface area contributed by atoms with Crippen molar-refractivity contribution in [3.63, 3.8) is 0 Å². The molecule has 0 radical (unpaired) electrons. The van der Waals surface area contributed by atoms with Crippen LogP contribution in [0.15, 0.2) is 17.5 Å². The summed E-state index contributed by atoms with van der Waals surface area (Å²) in [6.45, 7) is 1.74. The molecule has 0 bridgehead atoms. The van der Waals surface area contributed by atoms with E-state index in [4.69, 9.17) is 5.11 Å². The Morgan fingerprint density at radius 2 is 2.33 bits per heavy atom. The summed E-state index contributed by atoms with van der Waals surface area (Å²) in [6, 6.07) is 3.26. The summed E-state index contributed by atoms with van der Waals surface area (Å²) < 4.78 is 0. The van der Waals surface area contributed by atoms with Crippen LogP contribution in [0.5, 0.6) is 0 Å². The zero-order valence-corrected chi connectivity index (χ0v) is 9.21. The summed E-state index contributed by atoms with van der Waals surface area (Å²) in [5, 5.41) is 13.3. The first-order chi connectivity index (χ1) is 7.13. The van der Waals surface area contributed by atoms with Gasteiger partial charge in [-0.15, -0.1) is 11.3 Å². The molecule has 1 heterocycles. The molecule has 5 heteroatoms. The predicted molar refractivity (Wildman–Crippen MR) is 57.7 cm³/mol. The van der Waals surface area contributed by atoms with Crippen LogP contribution in [0.4, 0.5) is 0 Å². The second-order valence-corrected chi connectivity index (χ2v) is 4.07. The monoisotopic (exact) mass is 227 g/mol. The van der Waals surface area contributed by atoms with Crippen LogP contribution >= 0.6 is 11.3 Å². The van der Waals surface area contributed by atoms with E-state index in [1.165, 1.54) is 11.3 Å². The molecule has 0 spiro atoms. The van der Waals surface area contributed by atoms with Gasteiger partial charge in [-0.25, -0.2) is 0 Å². The van der Waals surface area contributed by atoms with Gasteiger partial charge in [0.25, 0.3) is 0 Å². The highest BCUT2D eigenvalue weighted by molar-refractivity contribution is 7.10. The molecule has 1 atom stereocenters. The number of carboxylic acid groups (broad SMARTS) is 1. The first-order valence-electron chi connectivity index (χ1n) is 4.68. The molecule has 1 amide bonds. The lowest BCUT2D eigenvalue weighted by atomic mass is 10.1. The normalized spacial score (nSPS) is 12.1. The lowest BCUT2D eigenvalue weighted by Gasteiger charge is -2.14. The summed E-state index contributed by atoms with van der Waals surface area (Å²) in [6.07, 6.45) is 0.285. The number of aliphatic carboxylic acids is 1. The highest BCUT2D eigenvalue weighted by Crippen LogP contribution is 2.21. The van der Waals surface area contributed by atoms with Gasteiger partial charge in [0.05, 0.1) is 12.5 Å². The summed E-state index contributed by atoms with van der Waals surface area (Å²) in [7, 11) is 0. The number of nitrogens with one attached hydrogen (secondary N) is 1. The number of hydrogen-bond donors (Lipinski definition) is 2. The fourth-order valence-electron chi connectivity index (χ4n) is 1.18. The maximum atomic E-state index is 11.2. The van der Waals surface area contributed by atoms with Crippen molar-refractivity contribution in [1.29, 1.82) is 0 Å². The quantitative estimate of drug-likeness (QED) is 0.806. The van der Waals surface area contributed by atoms with E-state index in [2.05, 4.69) is 5.32 Å². The molecule has 1 rings (SSSR count). The van der Waals surface area contributed by atoms with Crippen LogP contribution in [0.25, 0.3) is 0 Å². The van der Waals surface area contributed by atoms with Crippen LogP contribution in [-0.2, 0) is 9.59 Å². The van der Waals surface area contributed by atoms with Gasteiger partial charge in [-0.3, -0.25) is 9.59 Å². The van der Waals surface area contributed by atoms with Crippen LogP contribution in [0, 0.1) is 0 Å². The third kappa shape index (κ3) is 3.71. The van der Waals surface area contributed by atoms with Crippen molar-refractivity contribution in [3.8, 4) is 0 Å². The summed E-state index contributed by atoms with van der Waals surface area (Å²) in [5.41, 5.74) is 0. The Morgan fingerprint density at radius 1 is 1.60 bits per heavy atom. The maximum Gasteiger partial charge on any atom is 0.305 e. The average Bonchev–Trinajstić information content (AvgIpc) is 2.68. The molecule has 82 valence electrons. The van der Waals surface area contributed by atoms with Crippen LogP contribution < -0.4 is 5.32 Å². The van der Waals surface area contributed by atoms with Gasteiger partial charge in [0.2, 0.25) is 5.91 Å². The molecule has 0 aliphatic carbocycles. The highest BCUT2D eigenvalue weighted by atomic mass is 32.1. The SMILES string of the molecule is CCC(=O)NC(CC(=O)O)c1cccs1. The van der Waals surface area contributed by atoms with Crippen molar-refractivity contribution in [3.05, 3.63) is 22.4 Å². The molecule has 4 nitrogen and oxygen atoms in total. The van der Waals surface area contributed by atoms with Crippen LogP contribution in [0.2, 0.25) is 0 Å². The molecule has 0 aromatic carbocycles. The number of hydrogen-bond acceptors (Lipinski definition) is 3. The number of thiophene rings is 1. The minimum absolute atomic E-state index is 0.0771. The van der Waals surface area contributed by atoms with E-state index in [9.17, 15) is 9.59 Å². The number of amides is 1. The van der Waals surface area contributed by atoms with E-state index >= 15 is 0 Å². The van der Waals surface area contributed by atoms with Crippen molar-refractivity contribution in [2.75, 3.05) is 0 Å². The van der Waals surface area contributed by atoms with Crippen molar-refractivity contribution in [2.24, 2.45) is 0 Å². The molecule has 0 aliphatic heterocycles. The van der Waals surface area contributed by atoms with E-state index in [0.29, 0.717) is 6.42 Å². The number of carbonyl (C=O) groups is 2. The van der Waals surface area contributed by atoms with E-state index in [1.807, 2.05) is 17.5 Å². The molecule has 0 fully saturated rings. The van der Waals surface area contributed by atoms with Gasteiger partial charge in [0.15, 0.2) is 0 Å². The lowest BCUT2D eigenvalue weighted by molar-refractivity contribution is -0.137. The predicted octanol–water partition coefficient (Wildman–Crippen LogP) is 1.79. The summed E-state index contributed by atoms with van der Waals surface area (Å²) in [5.74, 6) is -1.04. The third-order valence-electron chi connectivity index (χ3n) is 1.92.